The van der Waals surface area contributed by atoms with Crippen molar-refractivity contribution in [2.24, 2.45) is 0 Å². The minimum atomic E-state index is -3.75. The summed E-state index contributed by atoms with van der Waals surface area (Å²) >= 11 is 0. The summed E-state index contributed by atoms with van der Waals surface area (Å²) in [5.74, 6) is -0.815. The van der Waals surface area contributed by atoms with E-state index in [1.807, 2.05) is 33.8 Å². The first-order chi connectivity index (χ1) is 14.4. The molecule has 0 radical (unpaired) electrons. The van der Waals surface area contributed by atoms with E-state index >= 15 is 0 Å². The number of hydrogen-bond donors (Lipinski definition) is 2. The van der Waals surface area contributed by atoms with E-state index in [1.54, 1.807) is 43.3 Å². The average Bonchev–Trinajstić information content (AvgIpc) is 2.63. The molecule has 0 saturated heterocycles. The molecule has 2 rings (SSSR count). The molecular weight excluding hydrogens is 414 g/mol. The Morgan fingerprint density at radius 3 is 2.13 bits per heavy atom. The van der Waals surface area contributed by atoms with E-state index in [-0.39, 0.29) is 18.4 Å². The van der Waals surface area contributed by atoms with Gasteiger partial charge in [-0.2, -0.15) is 0 Å². The molecule has 2 N–H and O–H groups in total. The van der Waals surface area contributed by atoms with Gasteiger partial charge in [0.05, 0.1) is 23.2 Å². The number of para-hydroxylation sites is 1. The van der Waals surface area contributed by atoms with Crippen LogP contribution in [0.15, 0.2) is 42.5 Å². The fraction of sp³-hybridized carbons (Fsp3) is 0.391. The van der Waals surface area contributed by atoms with E-state index < -0.39 is 22.0 Å². The third-order valence-corrected chi connectivity index (χ3v) is 5.82. The summed E-state index contributed by atoms with van der Waals surface area (Å²) in [6, 6.07) is 11.0. The van der Waals surface area contributed by atoms with Crippen LogP contribution >= 0.6 is 0 Å². The summed E-state index contributed by atoms with van der Waals surface area (Å²) in [5.41, 5.74) is 2.88. The van der Waals surface area contributed by atoms with E-state index in [1.165, 1.54) is 0 Å². The van der Waals surface area contributed by atoms with Crippen LogP contribution in [0.1, 0.15) is 48.7 Å². The van der Waals surface area contributed by atoms with Gasteiger partial charge in [0.2, 0.25) is 15.9 Å². The van der Waals surface area contributed by atoms with Crippen LogP contribution in [0.4, 0.5) is 11.4 Å². The molecule has 0 heterocycles. The highest BCUT2D eigenvalue weighted by atomic mass is 32.2. The summed E-state index contributed by atoms with van der Waals surface area (Å²) < 4.78 is 26.5. The quantitative estimate of drug-likeness (QED) is 0.649. The fourth-order valence-electron chi connectivity index (χ4n) is 3.48. The fourth-order valence-corrected chi connectivity index (χ4v) is 4.68. The van der Waals surface area contributed by atoms with Gasteiger partial charge in [0, 0.05) is 6.04 Å². The monoisotopic (exact) mass is 445 g/mol. The highest BCUT2D eigenvalue weighted by Gasteiger charge is 2.32. The zero-order valence-corrected chi connectivity index (χ0v) is 19.7. The van der Waals surface area contributed by atoms with Crippen LogP contribution in [-0.4, -0.2) is 38.6 Å². The van der Waals surface area contributed by atoms with Gasteiger partial charge in [0.25, 0.3) is 5.91 Å². The van der Waals surface area contributed by atoms with Gasteiger partial charge in [-0.3, -0.25) is 13.9 Å². The zero-order valence-electron chi connectivity index (χ0n) is 18.9. The number of amides is 2. The van der Waals surface area contributed by atoms with Crippen molar-refractivity contribution in [3.05, 3.63) is 59.2 Å². The molecule has 0 spiro atoms. The topological polar surface area (TPSA) is 95.6 Å². The van der Waals surface area contributed by atoms with E-state index in [0.717, 1.165) is 21.7 Å². The second-order valence-corrected chi connectivity index (χ2v) is 9.85. The zero-order chi connectivity index (χ0) is 23.3. The standard InChI is InChI=1S/C23H31N3O4S/c1-7-21(26(31(6,29)30)18-13-16(4)12-17(5)14-18)23(28)25-20-11-9-8-10-19(20)22(27)24-15(2)3/h8-15,21H,7H2,1-6H3,(H,24,27)(H,25,28)/t21-/m1/s1. The number of nitrogens with zero attached hydrogens (tertiary/aromatic N) is 1. The second-order valence-electron chi connectivity index (χ2n) is 7.99. The van der Waals surface area contributed by atoms with Crippen molar-refractivity contribution < 1.29 is 18.0 Å². The average molecular weight is 446 g/mol. The minimum Gasteiger partial charge on any atom is -0.350 e. The lowest BCUT2D eigenvalue weighted by atomic mass is 10.1. The summed E-state index contributed by atoms with van der Waals surface area (Å²) in [4.78, 5) is 25.7. The number of benzene rings is 2. The van der Waals surface area contributed by atoms with Crippen molar-refractivity contribution in [3.8, 4) is 0 Å². The predicted octanol–water partition coefficient (Wildman–Crippen LogP) is 3.62. The number of rotatable bonds is 8. The van der Waals surface area contributed by atoms with Gasteiger partial charge in [0.1, 0.15) is 6.04 Å². The first-order valence-electron chi connectivity index (χ1n) is 10.2. The summed E-state index contributed by atoms with van der Waals surface area (Å²) in [6.07, 6.45) is 1.34. The van der Waals surface area contributed by atoms with Crippen molar-refractivity contribution in [2.45, 2.75) is 53.1 Å². The van der Waals surface area contributed by atoms with Gasteiger partial charge in [-0.05, 0) is 69.5 Å². The molecule has 1 atom stereocenters. The number of sulfonamides is 1. The van der Waals surface area contributed by atoms with Gasteiger partial charge < -0.3 is 10.6 Å². The van der Waals surface area contributed by atoms with E-state index in [2.05, 4.69) is 10.6 Å². The normalized spacial score (nSPS) is 12.4. The number of nitrogens with one attached hydrogen (secondary N) is 2. The third kappa shape index (κ3) is 6.30. The number of aryl methyl sites for hydroxylation is 2. The summed E-state index contributed by atoms with van der Waals surface area (Å²) in [7, 11) is -3.75. The molecule has 0 aliphatic carbocycles. The van der Waals surface area contributed by atoms with E-state index in [9.17, 15) is 18.0 Å². The Morgan fingerprint density at radius 2 is 1.61 bits per heavy atom. The molecule has 2 amide bonds. The lowest BCUT2D eigenvalue weighted by Crippen LogP contribution is -2.47. The van der Waals surface area contributed by atoms with Gasteiger partial charge in [-0.1, -0.05) is 25.1 Å². The molecule has 2 aromatic rings. The third-order valence-electron chi connectivity index (χ3n) is 4.64. The molecular formula is C23H31N3O4S. The molecule has 0 aromatic heterocycles. The maximum Gasteiger partial charge on any atom is 0.253 e. The van der Waals surface area contributed by atoms with E-state index in [0.29, 0.717) is 16.9 Å². The van der Waals surface area contributed by atoms with Crippen LogP contribution in [0.3, 0.4) is 0 Å². The molecule has 7 nitrogen and oxygen atoms in total. The van der Waals surface area contributed by atoms with Gasteiger partial charge >= 0.3 is 0 Å². The number of carbonyl (C=O) groups is 2. The summed E-state index contributed by atoms with van der Waals surface area (Å²) in [6.45, 7) is 9.20. The molecule has 0 fully saturated rings. The van der Waals surface area contributed by atoms with Gasteiger partial charge in [-0.15, -0.1) is 0 Å². The van der Waals surface area contributed by atoms with Crippen LogP contribution in [-0.2, 0) is 14.8 Å². The summed E-state index contributed by atoms with van der Waals surface area (Å²) in [5, 5.41) is 5.57. The molecule has 2 aromatic carbocycles. The maximum atomic E-state index is 13.2. The highest BCUT2D eigenvalue weighted by Crippen LogP contribution is 2.26. The molecule has 8 heteroatoms. The van der Waals surface area contributed by atoms with Crippen LogP contribution in [0.2, 0.25) is 0 Å². The molecule has 31 heavy (non-hydrogen) atoms. The molecule has 168 valence electrons. The highest BCUT2D eigenvalue weighted by molar-refractivity contribution is 7.92. The van der Waals surface area contributed by atoms with Crippen LogP contribution in [0.25, 0.3) is 0 Å². The smallest absolute Gasteiger partial charge is 0.253 e. The molecule has 0 aliphatic rings. The first-order valence-corrected chi connectivity index (χ1v) is 12.1. The van der Waals surface area contributed by atoms with Crippen molar-refractivity contribution in [2.75, 3.05) is 15.9 Å². The number of carbonyl (C=O) groups excluding carboxylic acids is 2. The first kappa shape index (κ1) is 24.4. The maximum absolute atomic E-state index is 13.2. The molecule has 0 unspecified atom stereocenters. The Kier molecular flexibility index (Phi) is 7.84. The number of anilines is 2. The Hall–Kier alpha value is -2.87. The molecule has 0 bridgehead atoms. The van der Waals surface area contributed by atoms with Crippen molar-refractivity contribution >= 4 is 33.2 Å². The van der Waals surface area contributed by atoms with Crippen LogP contribution in [0, 0.1) is 13.8 Å². The lowest BCUT2D eigenvalue weighted by molar-refractivity contribution is -0.117. The Morgan fingerprint density at radius 1 is 1.03 bits per heavy atom. The molecule has 0 aliphatic heterocycles. The Balaban J connectivity index is 2.43. The largest absolute Gasteiger partial charge is 0.350 e. The predicted molar refractivity (Wildman–Crippen MR) is 125 cm³/mol. The van der Waals surface area contributed by atoms with E-state index in [4.69, 9.17) is 0 Å². The molecule has 0 saturated carbocycles. The van der Waals surface area contributed by atoms with Crippen LogP contribution < -0.4 is 14.9 Å². The Labute approximate surface area is 184 Å². The minimum absolute atomic E-state index is 0.0649. The van der Waals surface area contributed by atoms with Gasteiger partial charge in [-0.25, -0.2) is 8.42 Å². The van der Waals surface area contributed by atoms with Crippen LogP contribution in [0.5, 0.6) is 0 Å². The Bertz CT molecular complexity index is 1040. The second kappa shape index (κ2) is 9.96. The SMILES string of the molecule is CC[C@H](C(=O)Nc1ccccc1C(=O)NC(C)C)N(c1cc(C)cc(C)c1)S(C)(=O)=O. The van der Waals surface area contributed by atoms with Gasteiger partial charge in [0.15, 0.2) is 0 Å². The van der Waals surface area contributed by atoms with Crippen molar-refractivity contribution in [1.29, 1.82) is 0 Å². The number of hydrogen-bond acceptors (Lipinski definition) is 4. The van der Waals surface area contributed by atoms with Crippen molar-refractivity contribution in [1.82, 2.24) is 5.32 Å². The lowest BCUT2D eigenvalue weighted by Gasteiger charge is -2.30. The van der Waals surface area contributed by atoms with Crippen molar-refractivity contribution in [3.63, 3.8) is 0 Å².